The lowest BCUT2D eigenvalue weighted by Crippen LogP contribution is -2.12. The summed E-state index contributed by atoms with van der Waals surface area (Å²) in [6, 6.07) is 7.83. The van der Waals surface area contributed by atoms with E-state index in [1.54, 1.807) is 4.68 Å². The van der Waals surface area contributed by atoms with Gasteiger partial charge in [-0.15, -0.1) is 0 Å². The van der Waals surface area contributed by atoms with Crippen LogP contribution in [0.1, 0.15) is 36.2 Å². The second-order valence-corrected chi connectivity index (χ2v) is 4.74. The van der Waals surface area contributed by atoms with Crippen molar-refractivity contribution >= 4 is 0 Å². The molecule has 1 unspecified atom stereocenters. The van der Waals surface area contributed by atoms with Crippen LogP contribution in [0.4, 0.5) is 0 Å². The first-order valence-corrected chi connectivity index (χ1v) is 6.60. The fraction of sp³-hybridized carbons (Fsp3) is 0.400. The highest BCUT2D eigenvalue weighted by molar-refractivity contribution is 5.35. The number of nitrogens with two attached hydrogens (primary N) is 1. The smallest absolute Gasteiger partial charge is 0.119 e. The Morgan fingerprint density at radius 1 is 1.32 bits per heavy atom. The summed E-state index contributed by atoms with van der Waals surface area (Å²) >= 11 is 0. The van der Waals surface area contributed by atoms with E-state index in [-0.39, 0.29) is 6.04 Å². The van der Waals surface area contributed by atoms with Gasteiger partial charge in [-0.05, 0) is 31.0 Å². The zero-order chi connectivity index (χ0) is 13.8. The fourth-order valence-electron chi connectivity index (χ4n) is 2.09. The molecule has 0 spiro atoms. The molecule has 1 heterocycles. The van der Waals surface area contributed by atoms with Crippen LogP contribution in [0.25, 0.3) is 0 Å². The molecule has 0 bridgehead atoms. The lowest BCUT2D eigenvalue weighted by Gasteiger charge is -2.12. The molecule has 0 saturated carbocycles. The van der Waals surface area contributed by atoms with Crippen molar-refractivity contribution in [1.82, 2.24) is 9.78 Å². The summed E-state index contributed by atoms with van der Waals surface area (Å²) in [5.74, 6) is 0.890. The van der Waals surface area contributed by atoms with Gasteiger partial charge in [0.15, 0.2) is 0 Å². The predicted octanol–water partition coefficient (Wildman–Crippen LogP) is 2.57. The molecule has 2 rings (SSSR count). The maximum Gasteiger partial charge on any atom is 0.119 e. The molecule has 0 amide bonds. The van der Waals surface area contributed by atoms with Gasteiger partial charge in [0.05, 0.1) is 18.3 Å². The van der Waals surface area contributed by atoms with Crippen LogP contribution < -0.4 is 10.5 Å². The van der Waals surface area contributed by atoms with E-state index in [0.717, 1.165) is 35.6 Å². The number of hydrogen-bond donors (Lipinski definition) is 1. The molecule has 0 aliphatic carbocycles. The van der Waals surface area contributed by atoms with Gasteiger partial charge in [0.1, 0.15) is 5.75 Å². The highest BCUT2D eigenvalue weighted by Crippen LogP contribution is 2.23. The Labute approximate surface area is 114 Å². The molecule has 0 aliphatic heterocycles. The van der Waals surface area contributed by atoms with Crippen molar-refractivity contribution in [3.05, 3.63) is 47.3 Å². The number of benzene rings is 1. The molecule has 19 heavy (non-hydrogen) atoms. The lowest BCUT2D eigenvalue weighted by molar-refractivity contribution is 0.317. The van der Waals surface area contributed by atoms with E-state index < -0.39 is 0 Å². The standard InChI is InChI=1S/C15H21N3O/c1-4-9-19-13-7-5-12(6-8-13)15(16)14-10-18(3)17-11(14)2/h5-8,10,15H,4,9,16H2,1-3H3. The summed E-state index contributed by atoms with van der Waals surface area (Å²) in [7, 11) is 1.91. The van der Waals surface area contributed by atoms with E-state index in [0.29, 0.717) is 0 Å². The highest BCUT2D eigenvalue weighted by atomic mass is 16.5. The molecule has 4 heteroatoms. The van der Waals surface area contributed by atoms with E-state index >= 15 is 0 Å². The van der Waals surface area contributed by atoms with Crippen molar-refractivity contribution in [3.63, 3.8) is 0 Å². The van der Waals surface area contributed by atoms with Crippen LogP contribution in [0, 0.1) is 6.92 Å². The molecule has 4 nitrogen and oxygen atoms in total. The van der Waals surface area contributed by atoms with Gasteiger partial charge < -0.3 is 10.5 Å². The topological polar surface area (TPSA) is 53.1 Å². The van der Waals surface area contributed by atoms with E-state index in [4.69, 9.17) is 10.5 Å². The molecular formula is C15H21N3O. The van der Waals surface area contributed by atoms with Crippen LogP contribution in [0.15, 0.2) is 30.5 Å². The van der Waals surface area contributed by atoms with Crippen LogP contribution in [0.3, 0.4) is 0 Å². The zero-order valence-electron chi connectivity index (χ0n) is 11.8. The number of aryl methyl sites for hydroxylation is 2. The average molecular weight is 259 g/mol. The van der Waals surface area contributed by atoms with E-state index in [2.05, 4.69) is 12.0 Å². The first-order valence-electron chi connectivity index (χ1n) is 6.60. The van der Waals surface area contributed by atoms with Crippen LogP contribution in [0.2, 0.25) is 0 Å². The minimum atomic E-state index is -0.145. The van der Waals surface area contributed by atoms with Crippen LogP contribution in [-0.4, -0.2) is 16.4 Å². The number of aromatic nitrogens is 2. The van der Waals surface area contributed by atoms with Crippen molar-refractivity contribution in [2.45, 2.75) is 26.3 Å². The van der Waals surface area contributed by atoms with Crippen molar-refractivity contribution in [3.8, 4) is 5.75 Å². The third-order valence-corrected chi connectivity index (χ3v) is 3.10. The van der Waals surface area contributed by atoms with Gasteiger partial charge in [-0.1, -0.05) is 19.1 Å². The summed E-state index contributed by atoms with van der Waals surface area (Å²) < 4.78 is 7.36. The molecule has 1 atom stereocenters. The SMILES string of the molecule is CCCOc1ccc(C(N)c2cn(C)nc2C)cc1. The normalized spacial score (nSPS) is 12.4. The van der Waals surface area contributed by atoms with Crippen LogP contribution in [-0.2, 0) is 7.05 Å². The molecular weight excluding hydrogens is 238 g/mol. The third kappa shape index (κ3) is 3.15. The maximum absolute atomic E-state index is 6.29. The van der Waals surface area contributed by atoms with Gasteiger partial charge in [0.2, 0.25) is 0 Å². The van der Waals surface area contributed by atoms with Gasteiger partial charge in [0, 0.05) is 18.8 Å². The van der Waals surface area contributed by atoms with Gasteiger partial charge in [-0.3, -0.25) is 4.68 Å². The van der Waals surface area contributed by atoms with Gasteiger partial charge in [-0.2, -0.15) is 5.10 Å². The maximum atomic E-state index is 6.29. The van der Waals surface area contributed by atoms with Crippen molar-refractivity contribution < 1.29 is 4.74 Å². The van der Waals surface area contributed by atoms with Crippen LogP contribution >= 0.6 is 0 Å². The monoisotopic (exact) mass is 259 g/mol. The van der Waals surface area contributed by atoms with Crippen molar-refractivity contribution in [1.29, 1.82) is 0 Å². The van der Waals surface area contributed by atoms with E-state index in [9.17, 15) is 0 Å². The molecule has 2 N–H and O–H groups in total. The Balaban J connectivity index is 2.15. The highest BCUT2D eigenvalue weighted by Gasteiger charge is 2.14. The molecule has 0 saturated heterocycles. The number of ether oxygens (including phenoxy) is 1. The summed E-state index contributed by atoms with van der Waals surface area (Å²) in [4.78, 5) is 0. The first-order chi connectivity index (χ1) is 9.11. The second-order valence-electron chi connectivity index (χ2n) is 4.74. The zero-order valence-corrected chi connectivity index (χ0v) is 11.8. The predicted molar refractivity (Wildman–Crippen MR) is 76.2 cm³/mol. The minimum absolute atomic E-state index is 0.145. The number of nitrogens with zero attached hydrogens (tertiary/aromatic N) is 2. The largest absolute Gasteiger partial charge is 0.494 e. The average Bonchev–Trinajstić information content (AvgIpc) is 2.75. The van der Waals surface area contributed by atoms with E-state index in [1.165, 1.54) is 0 Å². The minimum Gasteiger partial charge on any atom is -0.494 e. The number of hydrogen-bond acceptors (Lipinski definition) is 3. The summed E-state index contributed by atoms with van der Waals surface area (Å²) in [5, 5.41) is 4.33. The lowest BCUT2D eigenvalue weighted by atomic mass is 10.0. The summed E-state index contributed by atoms with van der Waals surface area (Å²) in [6.07, 6.45) is 2.98. The van der Waals surface area contributed by atoms with Gasteiger partial charge in [0.25, 0.3) is 0 Å². The summed E-state index contributed by atoms with van der Waals surface area (Å²) in [5.41, 5.74) is 9.39. The number of rotatable bonds is 5. The molecule has 2 aromatic rings. The quantitative estimate of drug-likeness (QED) is 0.897. The van der Waals surface area contributed by atoms with E-state index in [1.807, 2.05) is 44.4 Å². The Morgan fingerprint density at radius 3 is 2.53 bits per heavy atom. The van der Waals surface area contributed by atoms with Gasteiger partial charge in [-0.25, -0.2) is 0 Å². The Kier molecular flexibility index (Phi) is 4.22. The summed E-state index contributed by atoms with van der Waals surface area (Å²) in [6.45, 7) is 4.82. The molecule has 1 aromatic heterocycles. The Hall–Kier alpha value is -1.81. The molecule has 102 valence electrons. The van der Waals surface area contributed by atoms with Crippen LogP contribution in [0.5, 0.6) is 5.75 Å². The van der Waals surface area contributed by atoms with Crippen molar-refractivity contribution in [2.75, 3.05) is 6.61 Å². The molecule has 0 fully saturated rings. The molecule has 0 radical (unpaired) electrons. The Bertz CT molecular complexity index is 531. The fourth-order valence-corrected chi connectivity index (χ4v) is 2.09. The van der Waals surface area contributed by atoms with Gasteiger partial charge >= 0.3 is 0 Å². The first kappa shape index (κ1) is 13.6. The Morgan fingerprint density at radius 2 is 2.00 bits per heavy atom. The van der Waals surface area contributed by atoms with Crippen molar-refractivity contribution in [2.24, 2.45) is 12.8 Å². The third-order valence-electron chi connectivity index (χ3n) is 3.10. The molecule has 0 aliphatic rings. The molecule has 1 aromatic carbocycles. The second kappa shape index (κ2) is 5.89.